The number of nitrogens with zero attached hydrogens (tertiary/aromatic N) is 1. The maximum Gasteiger partial charge on any atom is 0.226 e. The van der Waals surface area contributed by atoms with Crippen molar-refractivity contribution in [2.45, 2.75) is 44.2 Å². The van der Waals surface area contributed by atoms with E-state index in [0.717, 1.165) is 32.2 Å². The zero-order valence-corrected chi connectivity index (χ0v) is 13.9. The van der Waals surface area contributed by atoms with Crippen LogP contribution in [0.1, 0.15) is 31.2 Å². The molecule has 0 spiro atoms. The molecule has 4 heteroatoms. The summed E-state index contributed by atoms with van der Waals surface area (Å²) in [7, 11) is 1.69. The summed E-state index contributed by atoms with van der Waals surface area (Å²) in [5, 5.41) is 0. The number of amides is 1. The minimum absolute atomic E-state index is 0.120. The molecule has 23 heavy (non-hydrogen) atoms. The summed E-state index contributed by atoms with van der Waals surface area (Å²) in [6.07, 6.45) is 5.23. The molecule has 0 bridgehead atoms. The lowest BCUT2D eigenvalue weighted by atomic mass is 9.84. The van der Waals surface area contributed by atoms with Crippen molar-refractivity contribution in [3.05, 3.63) is 35.9 Å². The Morgan fingerprint density at radius 1 is 1.17 bits per heavy atom. The van der Waals surface area contributed by atoms with Crippen molar-refractivity contribution in [3.63, 3.8) is 0 Å². The molecule has 0 radical (unpaired) electrons. The molecule has 0 unspecified atom stereocenters. The Morgan fingerprint density at radius 2 is 1.96 bits per heavy atom. The monoisotopic (exact) mass is 317 g/mol. The molecule has 1 heterocycles. The first-order valence-electron chi connectivity index (χ1n) is 8.74. The summed E-state index contributed by atoms with van der Waals surface area (Å²) in [6.45, 7) is 2.02. The van der Waals surface area contributed by atoms with Gasteiger partial charge in [0.25, 0.3) is 0 Å². The first-order chi connectivity index (χ1) is 11.3. The van der Waals surface area contributed by atoms with Crippen LogP contribution in [0.2, 0.25) is 0 Å². The molecule has 1 aliphatic heterocycles. The lowest BCUT2D eigenvalue weighted by molar-refractivity contribution is -0.140. The standard InChI is InChI=1S/C19H27NO3/c1-22-12-13-23-18-10-11-20(19(21)16-8-5-9-16)17(18)14-15-6-3-2-4-7-15/h2-4,6-7,16-18H,5,8-14H2,1H3/t17-,18+/m0/s1. The van der Waals surface area contributed by atoms with Crippen LogP contribution in [0.5, 0.6) is 0 Å². The van der Waals surface area contributed by atoms with Gasteiger partial charge >= 0.3 is 0 Å². The van der Waals surface area contributed by atoms with Crippen LogP contribution in [-0.2, 0) is 20.7 Å². The van der Waals surface area contributed by atoms with Crippen molar-refractivity contribution >= 4 is 5.91 Å². The SMILES string of the molecule is COCCO[C@@H]1CCN(C(=O)C2CCC2)[C@H]1Cc1ccccc1. The highest BCUT2D eigenvalue weighted by molar-refractivity contribution is 5.80. The number of hydrogen-bond donors (Lipinski definition) is 0. The number of carbonyl (C=O) groups excluding carboxylic acids is 1. The molecular weight excluding hydrogens is 290 g/mol. The largest absolute Gasteiger partial charge is 0.382 e. The van der Waals surface area contributed by atoms with Gasteiger partial charge in [-0.25, -0.2) is 0 Å². The average Bonchev–Trinajstić information content (AvgIpc) is 2.90. The van der Waals surface area contributed by atoms with Crippen LogP contribution >= 0.6 is 0 Å². The van der Waals surface area contributed by atoms with Crippen molar-refractivity contribution in [3.8, 4) is 0 Å². The van der Waals surface area contributed by atoms with Gasteiger partial charge in [0.2, 0.25) is 5.91 Å². The number of hydrogen-bond acceptors (Lipinski definition) is 3. The highest BCUT2D eigenvalue weighted by atomic mass is 16.5. The number of benzene rings is 1. The number of rotatable bonds is 7. The molecular formula is C19H27NO3. The van der Waals surface area contributed by atoms with E-state index in [1.165, 1.54) is 12.0 Å². The zero-order valence-electron chi connectivity index (χ0n) is 13.9. The van der Waals surface area contributed by atoms with Crippen LogP contribution in [0, 0.1) is 5.92 Å². The third kappa shape index (κ3) is 3.93. The second kappa shape index (κ2) is 7.93. The fourth-order valence-corrected chi connectivity index (χ4v) is 3.56. The molecule has 2 fully saturated rings. The van der Waals surface area contributed by atoms with E-state index in [9.17, 15) is 4.79 Å². The van der Waals surface area contributed by atoms with Gasteiger partial charge < -0.3 is 14.4 Å². The lowest BCUT2D eigenvalue weighted by Crippen LogP contribution is -2.46. The van der Waals surface area contributed by atoms with E-state index in [4.69, 9.17) is 9.47 Å². The van der Waals surface area contributed by atoms with E-state index >= 15 is 0 Å². The van der Waals surface area contributed by atoms with Crippen molar-refractivity contribution in [2.24, 2.45) is 5.92 Å². The fourth-order valence-electron chi connectivity index (χ4n) is 3.56. The molecule has 4 nitrogen and oxygen atoms in total. The molecule has 1 saturated carbocycles. The molecule has 2 atom stereocenters. The van der Waals surface area contributed by atoms with Crippen molar-refractivity contribution < 1.29 is 14.3 Å². The molecule has 0 aromatic heterocycles. The van der Waals surface area contributed by atoms with Gasteiger partial charge in [0.15, 0.2) is 0 Å². The van der Waals surface area contributed by atoms with Crippen molar-refractivity contribution in [2.75, 3.05) is 26.9 Å². The van der Waals surface area contributed by atoms with Gasteiger partial charge in [-0.15, -0.1) is 0 Å². The molecule has 1 amide bonds. The lowest BCUT2D eigenvalue weighted by Gasteiger charge is -2.34. The first kappa shape index (κ1) is 16.5. The molecule has 1 saturated heterocycles. The predicted molar refractivity (Wildman–Crippen MR) is 89.2 cm³/mol. The van der Waals surface area contributed by atoms with Crippen LogP contribution in [0.3, 0.4) is 0 Å². The van der Waals surface area contributed by atoms with Crippen molar-refractivity contribution in [1.82, 2.24) is 4.90 Å². The Morgan fingerprint density at radius 3 is 2.61 bits per heavy atom. The van der Waals surface area contributed by atoms with Gasteiger partial charge in [-0.3, -0.25) is 4.79 Å². The third-order valence-electron chi connectivity index (χ3n) is 5.13. The summed E-state index contributed by atoms with van der Waals surface area (Å²) in [6, 6.07) is 10.6. The third-order valence-corrected chi connectivity index (χ3v) is 5.13. The topological polar surface area (TPSA) is 38.8 Å². The fraction of sp³-hybridized carbons (Fsp3) is 0.632. The molecule has 1 aliphatic carbocycles. The highest BCUT2D eigenvalue weighted by Gasteiger charge is 2.41. The Kier molecular flexibility index (Phi) is 5.68. The smallest absolute Gasteiger partial charge is 0.226 e. The van der Waals surface area contributed by atoms with Gasteiger partial charge in [0.05, 0.1) is 25.4 Å². The maximum absolute atomic E-state index is 12.7. The van der Waals surface area contributed by atoms with Crippen molar-refractivity contribution in [1.29, 1.82) is 0 Å². The Hall–Kier alpha value is -1.39. The van der Waals surface area contributed by atoms with E-state index in [0.29, 0.717) is 19.1 Å². The van der Waals surface area contributed by atoms with E-state index in [-0.39, 0.29) is 18.1 Å². The second-order valence-corrected chi connectivity index (χ2v) is 6.61. The number of ether oxygens (including phenoxy) is 2. The normalized spacial score (nSPS) is 24.7. The van der Waals surface area contributed by atoms with Crippen LogP contribution in [0.4, 0.5) is 0 Å². The zero-order chi connectivity index (χ0) is 16.1. The predicted octanol–water partition coefficient (Wildman–Crippen LogP) is 2.66. The Balaban J connectivity index is 1.68. The minimum atomic E-state index is 0.120. The summed E-state index contributed by atoms with van der Waals surface area (Å²) in [5.74, 6) is 0.598. The molecule has 1 aromatic carbocycles. The number of likely N-dealkylation sites (tertiary alicyclic amines) is 1. The highest BCUT2D eigenvalue weighted by Crippen LogP contribution is 2.33. The molecule has 0 N–H and O–H groups in total. The molecule has 1 aromatic rings. The summed E-state index contributed by atoms with van der Waals surface area (Å²) >= 11 is 0. The van der Waals surface area contributed by atoms with Crippen LogP contribution in [0.25, 0.3) is 0 Å². The van der Waals surface area contributed by atoms with E-state index in [1.54, 1.807) is 7.11 Å². The summed E-state index contributed by atoms with van der Waals surface area (Å²) < 4.78 is 11.1. The van der Waals surface area contributed by atoms with Crippen LogP contribution < -0.4 is 0 Å². The van der Waals surface area contributed by atoms with Gasteiger partial charge in [-0.05, 0) is 31.2 Å². The van der Waals surface area contributed by atoms with Gasteiger partial charge in [-0.2, -0.15) is 0 Å². The maximum atomic E-state index is 12.7. The average molecular weight is 317 g/mol. The summed E-state index contributed by atoms with van der Waals surface area (Å²) in [4.78, 5) is 14.8. The molecule has 3 rings (SSSR count). The Bertz CT molecular complexity index is 501. The van der Waals surface area contributed by atoms with E-state index in [1.807, 2.05) is 6.07 Å². The first-order valence-corrected chi connectivity index (χ1v) is 8.74. The van der Waals surface area contributed by atoms with E-state index < -0.39 is 0 Å². The second-order valence-electron chi connectivity index (χ2n) is 6.61. The Labute approximate surface area is 138 Å². The number of methoxy groups -OCH3 is 1. The summed E-state index contributed by atoms with van der Waals surface area (Å²) in [5.41, 5.74) is 1.27. The van der Waals surface area contributed by atoms with Gasteiger partial charge in [-0.1, -0.05) is 36.8 Å². The molecule has 126 valence electrons. The number of carbonyl (C=O) groups is 1. The van der Waals surface area contributed by atoms with Gasteiger partial charge in [0, 0.05) is 19.6 Å². The quantitative estimate of drug-likeness (QED) is 0.726. The minimum Gasteiger partial charge on any atom is -0.382 e. The van der Waals surface area contributed by atoms with Crippen LogP contribution in [-0.4, -0.2) is 49.8 Å². The van der Waals surface area contributed by atoms with Crippen LogP contribution in [0.15, 0.2) is 30.3 Å². The van der Waals surface area contributed by atoms with Gasteiger partial charge in [0.1, 0.15) is 0 Å². The van der Waals surface area contributed by atoms with E-state index in [2.05, 4.69) is 29.2 Å². The molecule has 2 aliphatic rings.